The van der Waals surface area contributed by atoms with E-state index in [2.05, 4.69) is 50.3 Å². The SMILES string of the molecule is O=C(CCc1ccccc1)N1CCC(Cn2ncc3cc(-c4cn[nH]c4)ccc32)C1. The molecule has 0 aliphatic carbocycles. The second-order valence-corrected chi connectivity index (χ2v) is 8.07. The molecule has 1 amide bonds. The number of carbonyl (C=O) groups is 1. The number of nitrogens with one attached hydrogen (secondary N) is 1. The van der Waals surface area contributed by atoms with Crippen molar-refractivity contribution in [1.82, 2.24) is 24.9 Å². The molecule has 2 aromatic carbocycles. The number of amides is 1. The summed E-state index contributed by atoms with van der Waals surface area (Å²) < 4.78 is 2.08. The Kier molecular flexibility index (Phi) is 5.05. The number of carbonyl (C=O) groups excluding carboxylic acids is 1. The van der Waals surface area contributed by atoms with Crippen LogP contribution in [0.1, 0.15) is 18.4 Å². The fourth-order valence-electron chi connectivity index (χ4n) is 4.33. The molecule has 5 rings (SSSR count). The van der Waals surface area contributed by atoms with Crippen LogP contribution in [0, 0.1) is 5.92 Å². The molecule has 0 bridgehead atoms. The van der Waals surface area contributed by atoms with Gasteiger partial charge in [-0.25, -0.2) is 0 Å². The van der Waals surface area contributed by atoms with E-state index in [1.807, 2.05) is 41.7 Å². The van der Waals surface area contributed by atoms with Gasteiger partial charge in [0.05, 0.1) is 17.9 Å². The standard InChI is InChI=1S/C24H25N5O/c30-24(9-6-18-4-2-1-3-5-18)28-11-10-19(16-28)17-29-23-8-7-20(12-21(23)15-27-29)22-13-25-26-14-22/h1-5,7-8,12-15,19H,6,9-11,16-17H2,(H,25,26). The quantitative estimate of drug-likeness (QED) is 0.535. The van der Waals surface area contributed by atoms with Gasteiger partial charge in [0.2, 0.25) is 5.91 Å². The van der Waals surface area contributed by atoms with Crippen LogP contribution in [0.3, 0.4) is 0 Å². The maximum atomic E-state index is 12.6. The van der Waals surface area contributed by atoms with Crippen molar-refractivity contribution in [3.63, 3.8) is 0 Å². The molecule has 1 aliphatic rings. The maximum absolute atomic E-state index is 12.6. The van der Waals surface area contributed by atoms with Crippen molar-refractivity contribution in [1.29, 1.82) is 0 Å². The summed E-state index contributed by atoms with van der Waals surface area (Å²) in [6.45, 7) is 2.52. The first-order chi connectivity index (χ1) is 14.8. The van der Waals surface area contributed by atoms with Crippen molar-refractivity contribution in [3.05, 3.63) is 72.7 Å². The number of rotatable bonds is 6. The topological polar surface area (TPSA) is 66.8 Å². The number of benzene rings is 2. The zero-order valence-corrected chi connectivity index (χ0v) is 16.9. The Morgan fingerprint density at radius 3 is 2.83 bits per heavy atom. The Morgan fingerprint density at radius 1 is 1.10 bits per heavy atom. The first-order valence-corrected chi connectivity index (χ1v) is 10.5. The van der Waals surface area contributed by atoms with E-state index in [4.69, 9.17) is 0 Å². The summed E-state index contributed by atoms with van der Waals surface area (Å²) in [5.74, 6) is 0.707. The summed E-state index contributed by atoms with van der Waals surface area (Å²) >= 11 is 0. The molecule has 1 atom stereocenters. The van der Waals surface area contributed by atoms with Gasteiger partial charge in [0, 0.05) is 43.2 Å². The number of likely N-dealkylation sites (tertiary alicyclic amines) is 1. The van der Waals surface area contributed by atoms with E-state index in [-0.39, 0.29) is 5.91 Å². The zero-order chi connectivity index (χ0) is 20.3. The van der Waals surface area contributed by atoms with Crippen molar-refractivity contribution in [2.24, 2.45) is 5.92 Å². The first-order valence-electron chi connectivity index (χ1n) is 10.5. The third kappa shape index (κ3) is 3.85. The monoisotopic (exact) mass is 399 g/mol. The molecule has 0 spiro atoms. The predicted molar refractivity (Wildman–Crippen MR) is 117 cm³/mol. The van der Waals surface area contributed by atoms with Gasteiger partial charge >= 0.3 is 0 Å². The lowest BCUT2D eigenvalue weighted by atomic mass is 10.1. The van der Waals surface area contributed by atoms with Crippen molar-refractivity contribution in [2.45, 2.75) is 25.8 Å². The fourth-order valence-corrected chi connectivity index (χ4v) is 4.33. The molecule has 3 heterocycles. The molecule has 1 N–H and O–H groups in total. The van der Waals surface area contributed by atoms with Crippen LogP contribution >= 0.6 is 0 Å². The van der Waals surface area contributed by atoms with E-state index in [0.29, 0.717) is 12.3 Å². The number of aromatic nitrogens is 4. The highest BCUT2D eigenvalue weighted by atomic mass is 16.2. The summed E-state index contributed by atoms with van der Waals surface area (Å²) in [5, 5.41) is 12.6. The lowest BCUT2D eigenvalue weighted by molar-refractivity contribution is -0.130. The second kappa shape index (κ2) is 8.14. The minimum absolute atomic E-state index is 0.261. The van der Waals surface area contributed by atoms with Crippen LogP contribution in [0.4, 0.5) is 0 Å². The predicted octanol–water partition coefficient (Wildman–Crippen LogP) is 3.91. The Bertz CT molecular complexity index is 1130. The number of aryl methyl sites for hydroxylation is 1. The van der Waals surface area contributed by atoms with Gasteiger partial charge in [0.15, 0.2) is 0 Å². The lowest BCUT2D eigenvalue weighted by Gasteiger charge is -2.17. The van der Waals surface area contributed by atoms with Crippen molar-refractivity contribution >= 4 is 16.8 Å². The van der Waals surface area contributed by atoms with Gasteiger partial charge in [0.25, 0.3) is 0 Å². The highest BCUT2D eigenvalue weighted by Gasteiger charge is 2.26. The fraction of sp³-hybridized carbons (Fsp3) is 0.292. The van der Waals surface area contributed by atoms with Gasteiger partial charge in [-0.15, -0.1) is 0 Å². The molecule has 2 aromatic heterocycles. The molecule has 1 fully saturated rings. The Balaban J connectivity index is 1.20. The summed E-state index contributed by atoms with van der Waals surface area (Å²) in [6.07, 6.45) is 8.07. The van der Waals surface area contributed by atoms with Crippen LogP contribution < -0.4 is 0 Å². The molecular weight excluding hydrogens is 374 g/mol. The number of fused-ring (bicyclic) bond motifs is 1. The van der Waals surface area contributed by atoms with Crippen molar-refractivity contribution in [3.8, 4) is 11.1 Å². The summed E-state index contributed by atoms with van der Waals surface area (Å²) in [5.41, 5.74) is 4.56. The van der Waals surface area contributed by atoms with Crippen LogP contribution in [0.25, 0.3) is 22.0 Å². The minimum Gasteiger partial charge on any atom is -0.342 e. The van der Waals surface area contributed by atoms with Crippen LogP contribution in [-0.4, -0.2) is 43.9 Å². The van der Waals surface area contributed by atoms with Gasteiger partial charge in [-0.3, -0.25) is 14.6 Å². The van der Waals surface area contributed by atoms with Gasteiger partial charge in [-0.1, -0.05) is 36.4 Å². The molecule has 152 valence electrons. The van der Waals surface area contributed by atoms with Gasteiger partial charge in [0.1, 0.15) is 0 Å². The Labute approximate surface area is 175 Å². The average Bonchev–Trinajstić information content (AvgIpc) is 3.54. The first kappa shape index (κ1) is 18.6. The largest absolute Gasteiger partial charge is 0.342 e. The van der Waals surface area contributed by atoms with Crippen molar-refractivity contribution < 1.29 is 4.79 Å². The number of nitrogens with zero attached hydrogens (tertiary/aromatic N) is 4. The Morgan fingerprint density at radius 2 is 2.00 bits per heavy atom. The maximum Gasteiger partial charge on any atom is 0.222 e. The highest BCUT2D eigenvalue weighted by Crippen LogP contribution is 2.26. The molecule has 0 radical (unpaired) electrons. The van der Waals surface area contributed by atoms with E-state index in [1.165, 1.54) is 5.56 Å². The lowest BCUT2D eigenvalue weighted by Crippen LogP contribution is -2.29. The molecule has 4 aromatic rings. The normalized spacial score (nSPS) is 16.4. The Hall–Kier alpha value is -3.41. The molecular formula is C24H25N5O. The van der Waals surface area contributed by atoms with Crippen LogP contribution in [0.5, 0.6) is 0 Å². The number of hydrogen-bond donors (Lipinski definition) is 1. The zero-order valence-electron chi connectivity index (χ0n) is 16.9. The number of aromatic amines is 1. The third-order valence-electron chi connectivity index (χ3n) is 6.01. The third-order valence-corrected chi connectivity index (χ3v) is 6.01. The molecule has 0 saturated carbocycles. The molecule has 30 heavy (non-hydrogen) atoms. The molecule has 6 heteroatoms. The number of H-pyrrole nitrogens is 1. The van der Waals surface area contributed by atoms with Crippen LogP contribution in [-0.2, 0) is 17.8 Å². The van der Waals surface area contributed by atoms with E-state index in [9.17, 15) is 4.79 Å². The average molecular weight is 399 g/mol. The van der Waals surface area contributed by atoms with Crippen LogP contribution in [0.2, 0.25) is 0 Å². The highest BCUT2D eigenvalue weighted by molar-refractivity contribution is 5.84. The van der Waals surface area contributed by atoms with E-state index in [1.54, 1.807) is 0 Å². The minimum atomic E-state index is 0.261. The number of hydrogen-bond acceptors (Lipinski definition) is 3. The van der Waals surface area contributed by atoms with Crippen molar-refractivity contribution in [2.75, 3.05) is 13.1 Å². The summed E-state index contributed by atoms with van der Waals surface area (Å²) in [4.78, 5) is 14.6. The summed E-state index contributed by atoms with van der Waals surface area (Å²) in [7, 11) is 0. The van der Waals surface area contributed by atoms with Crippen LogP contribution in [0.15, 0.2) is 67.1 Å². The summed E-state index contributed by atoms with van der Waals surface area (Å²) in [6, 6.07) is 16.6. The molecule has 6 nitrogen and oxygen atoms in total. The molecule has 1 aliphatic heterocycles. The smallest absolute Gasteiger partial charge is 0.222 e. The molecule has 1 saturated heterocycles. The van der Waals surface area contributed by atoms with E-state index >= 15 is 0 Å². The van der Waals surface area contributed by atoms with Gasteiger partial charge in [-0.2, -0.15) is 10.2 Å². The molecule has 1 unspecified atom stereocenters. The van der Waals surface area contributed by atoms with E-state index in [0.717, 1.165) is 54.5 Å². The van der Waals surface area contributed by atoms with Gasteiger partial charge in [-0.05, 0) is 42.0 Å². The second-order valence-electron chi connectivity index (χ2n) is 8.07. The van der Waals surface area contributed by atoms with Gasteiger partial charge < -0.3 is 4.90 Å². The van der Waals surface area contributed by atoms with E-state index < -0.39 is 0 Å².